The number of carbonyl (C=O) groups is 1. The molecular weight excluding hydrogens is 340 g/mol. The van der Waals surface area contributed by atoms with E-state index in [2.05, 4.69) is 4.72 Å². The summed E-state index contributed by atoms with van der Waals surface area (Å²) in [6.45, 7) is 2.11. The lowest BCUT2D eigenvalue weighted by Gasteiger charge is -2.24. The van der Waals surface area contributed by atoms with E-state index in [1.165, 1.54) is 17.0 Å². The molecule has 0 aromatic heterocycles. The Morgan fingerprint density at radius 2 is 1.76 bits per heavy atom. The van der Waals surface area contributed by atoms with Crippen LogP contribution < -0.4 is 4.72 Å². The van der Waals surface area contributed by atoms with E-state index in [1.54, 1.807) is 12.1 Å². The van der Waals surface area contributed by atoms with Gasteiger partial charge in [-0.15, -0.1) is 0 Å². The molecule has 0 saturated carbocycles. The molecule has 7 heteroatoms. The van der Waals surface area contributed by atoms with E-state index in [-0.39, 0.29) is 23.8 Å². The molecule has 1 aliphatic rings. The van der Waals surface area contributed by atoms with Gasteiger partial charge in [-0.05, 0) is 24.6 Å². The molecule has 1 amide bonds. The minimum absolute atomic E-state index is 0.0703. The number of benzene rings is 2. The topological polar surface area (TPSA) is 86.7 Å². The average molecular weight is 360 g/mol. The number of rotatable bonds is 5. The molecule has 1 aliphatic heterocycles. The van der Waals surface area contributed by atoms with E-state index < -0.39 is 22.3 Å². The summed E-state index contributed by atoms with van der Waals surface area (Å²) in [4.78, 5) is 13.6. The van der Waals surface area contributed by atoms with Crippen LogP contribution in [-0.2, 0) is 21.4 Å². The number of sulfonamides is 1. The van der Waals surface area contributed by atoms with Gasteiger partial charge in [-0.25, -0.2) is 13.1 Å². The first-order chi connectivity index (χ1) is 11.9. The maximum Gasteiger partial charge on any atom is 0.240 e. The molecule has 0 spiro atoms. The van der Waals surface area contributed by atoms with Gasteiger partial charge in [0.25, 0.3) is 0 Å². The number of likely N-dealkylation sites (tertiary alicyclic amines) is 1. The number of carbonyl (C=O) groups excluding carboxylic acids is 1. The molecule has 3 rings (SSSR count). The van der Waals surface area contributed by atoms with Gasteiger partial charge < -0.3 is 10.0 Å². The lowest BCUT2D eigenvalue weighted by Crippen LogP contribution is -2.44. The van der Waals surface area contributed by atoms with Gasteiger partial charge in [0.2, 0.25) is 15.9 Å². The summed E-state index contributed by atoms with van der Waals surface area (Å²) < 4.78 is 27.4. The number of aryl methyl sites for hydroxylation is 1. The smallest absolute Gasteiger partial charge is 0.240 e. The highest BCUT2D eigenvalue weighted by Crippen LogP contribution is 2.22. The Balaban J connectivity index is 1.73. The number of hydrogen-bond acceptors (Lipinski definition) is 4. The van der Waals surface area contributed by atoms with E-state index in [9.17, 15) is 18.3 Å². The minimum Gasteiger partial charge on any atom is -0.372 e. The zero-order valence-corrected chi connectivity index (χ0v) is 14.6. The van der Waals surface area contributed by atoms with Crippen molar-refractivity contribution in [1.29, 1.82) is 0 Å². The summed E-state index contributed by atoms with van der Waals surface area (Å²) >= 11 is 0. The van der Waals surface area contributed by atoms with Crippen molar-refractivity contribution in [2.45, 2.75) is 37.1 Å². The summed E-state index contributed by atoms with van der Waals surface area (Å²) in [5, 5.41) is 10.4. The van der Waals surface area contributed by atoms with Gasteiger partial charge in [-0.3, -0.25) is 4.79 Å². The molecule has 25 heavy (non-hydrogen) atoms. The lowest BCUT2D eigenvalue weighted by atomic mass is 10.2. The van der Waals surface area contributed by atoms with Crippen molar-refractivity contribution < 1.29 is 18.3 Å². The molecule has 0 bridgehead atoms. The van der Waals surface area contributed by atoms with Gasteiger partial charge in [0, 0.05) is 13.0 Å². The number of aliphatic hydroxyl groups excluding tert-OH is 1. The largest absolute Gasteiger partial charge is 0.372 e. The van der Waals surface area contributed by atoms with Crippen molar-refractivity contribution in [2.24, 2.45) is 0 Å². The van der Waals surface area contributed by atoms with Crippen LogP contribution in [0.2, 0.25) is 0 Å². The molecule has 132 valence electrons. The monoisotopic (exact) mass is 360 g/mol. The van der Waals surface area contributed by atoms with Crippen LogP contribution in [0, 0.1) is 6.92 Å². The maximum atomic E-state index is 12.5. The standard InChI is InChI=1S/C18H20N2O4S/c1-13-7-9-15(10-8-13)25(23,24)19-16-11-17(21)20(18(16)22)12-14-5-3-2-4-6-14/h2-10,16,18-19,22H,11-12H2,1H3/t16-,18+/m0/s1. The normalized spacial score (nSPS) is 20.9. The predicted octanol–water partition coefficient (Wildman–Crippen LogP) is 1.39. The fourth-order valence-electron chi connectivity index (χ4n) is 2.82. The van der Waals surface area contributed by atoms with Gasteiger partial charge >= 0.3 is 0 Å². The van der Waals surface area contributed by atoms with Crippen LogP contribution in [0.4, 0.5) is 0 Å². The summed E-state index contributed by atoms with van der Waals surface area (Å²) in [5.74, 6) is -0.284. The summed E-state index contributed by atoms with van der Waals surface area (Å²) in [6, 6.07) is 14.8. The van der Waals surface area contributed by atoms with E-state index in [0.717, 1.165) is 11.1 Å². The number of aliphatic hydroxyl groups is 1. The van der Waals surface area contributed by atoms with Crippen LogP contribution in [0.1, 0.15) is 17.5 Å². The van der Waals surface area contributed by atoms with Crippen LogP contribution in [0.15, 0.2) is 59.5 Å². The van der Waals surface area contributed by atoms with Crippen molar-refractivity contribution >= 4 is 15.9 Å². The van der Waals surface area contributed by atoms with Crippen molar-refractivity contribution in [3.63, 3.8) is 0 Å². The molecule has 1 fully saturated rings. The first kappa shape index (κ1) is 17.6. The highest BCUT2D eigenvalue weighted by Gasteiger charge is 2.40. The molecule has 0 unspecified atom stereocenters. The number of amides is 1. The Labute approximate surface area is 147 Å². The second-order valence-corrected chi connectivity index (χ2v) is 7.88. The van der Waals surface area contributed by atoms with E-state index in [0.29, 0.717) is 0 Å². The van der Waals surface area contributed by atoms with Gasteiger partial charge in [0.1, 0.15) is 6.23 Å². The second-order valence-electron chi connectivity index (χ2n) is 6.17. The fraction of sp³-hybridized carbons (Fsp3) is 0.278. The maximum absolute atomic E-state index is 12.5. The Kier molecular flexibility index (Phi) is 4.89. The molecule has 0 aliphatic carbocycles. The molecule has 2 aromatic rings. The molecule has 2 N–H and O–H groups in total. The van der Waals surface area contributed by atoms with E-state index in [1.807, 2.05) is 37.3 Å². The van der Waals surface area contributed by atoms with Crippen LogP contribution in [0.25, 0.3) is 0 Å². The Hall–Kier alpha value is -2.22. The van der Waals surface area contributed by atoms with Crippen molar-refractivity contribution in [2.75, 3.05) is 0 Å². The zero-order valence-electron chi connectivity index (χ0n) is 13.8. The molecule has 6 nitrogen and oxygen atoms in total. The number of nitrogens with zero attached hydrogens (tertiary/aromatic N) is 1. The molecule has 2 aromatic carbocycles. The predicted molar refractivity (Wildman–Crippen MR) is 92.9 cm³/mol. The van der Waals surface area contributed by atoms with Crippen LogP contribution in [-0.4, -0.2) is 36.6 Å². The number of nitrogens with one attached hydrogen (secondary N) is 1. The Morgan fingerprint density at radius 1 is 1.12 bits per heavy atom. The Bertz CT molecular complexity index is 850. The molecule has 0 radical (unpaired) electrons. The third-order valence-electron chi connectivity index (χ3n) is 4.23. The van der Waals surface area contributed by atoms with Crippen LogP contribution in [0.3, 0.4) is 0 Å². The average Bonchev–Trinajstić information content (AvgIpc) is 2.83. The first-order valence-electron chi connectivity index (χ1n) is 7.97. The van der Waals surface area contributed by atoms with Crippen molar-refractivity contribution in [3.05, 3.63) is 65.7 Å². The first-order valence-corrected chi connectivity index (χ1v) is 9.45. The Morgan fingerprint density at radius 3 is 2.40 bits per heavy atom. The van der Waals surface area contributed by atoms with Gasteiger partial charge in [-0.1, -0.05) is 48.0 Å². The van der Waals surface area contributed by atoms with Crippen LogP contribution >= 0.6 is 0 Å². The van der Waals surface area contributed by atoms with E-state index >= 15 is 0 Å². The second kappa shape index (κ2) is 6.95. The zero-order chi connectivity index (χ0) is 18.0. The van der Waals surface area contributed by atoms with Crippen LogP contribution in [0.5, 0.6) is 0 Å². The molecule has 1 saturated heterocycles. The molecule has 2 atom stereocenters. The minimum atomic E-state index is -3.80. The van der Waals surface area contributed by atoms with Gasteiger partial charge in [-0.2, -0.15) is 0 Å². The summed E-state index contributed by atoms with van der Waals surface area (Å²) in [5.41, 5.74) is 1.82. The molecular formula is C18H20N2O4S. The summed E-state index contributed by atoms with van der Waals surface area (Å²) in [6.07, 6.45) is -1.27. The van der Waals surface area contributed by atoms with E-state index in [4.69, 9.17) is 0 Å². The SMILES string of the molecule is Cc1ccc(S(=O)(=O)N[C@H]2CC(=O)N(Cc3ccccc3)[C@@H]2O)cc1. The van der Waals surface area contributed by atoms with Gasteiger partial charge in [0.05, 0.1) is 10.9 Å². The fourth-order valence-corrected chi connectivity index (χ4v) is 4.06. The third kappa shape index (κ3) is 3.89. The molecule has 1 heterocycles. The third-order valence-corrected chi connectivity index (χ3v) is 5.73. The van der Waals surface area contributed by atoms with Gasteiger partial charge in [0.15, 0.2) is 0 Å². The number of hydrogen-bond donors (Lipinski definition) is 2. The highest BCUT2D eigenvalue weighted by atomic mass is 32.2. The highest BCUT2D eigenvalue weighted by molar-refractivity contribution is 7.89. The van der Waals surface area contributed by atoms with Crippen molar-refractivity contribution in [1.82, 2.24) is 9.62 Å². The summed E-state index contributed by atoms with van der Waals surface area (Å²) in [7, 11) is -3.80. The lowest BCUT2D eigenvalue weighted by molar-refractivity contribution is -0.134. The van der Waals surface area contributed by atoms with Crippen molar-refractivity contribution in [3.8, 4) is 0 Å². The quantitative estimate of drug-likeness (QED) is 0.844.